The molecule has 1 aliphatic rings. The number of nitrogens with one attached hydrogen (secondary N) is 1. The van der Waals surface area contributed by atoms with Crippen molar-refractivity contribution >= 4 is 17.4 Å². The van der Waals surface area contributed by atoms with Crippen LogP contribution in [0.4, 0.5) is 5.69 Å². The van der Waals surface area contributed by atoms with Gasteiger partial charge in [0, 0.05) is 5.56 Å². The quantitative estimate of drug-likeness (QED) is 0.790. The van der Waals surface area contributed by atoms with Gasteiger partial charge in [-0.1, -0.05) is 6.92 Å². The van der Waals surface area contributed by atoms with Gasteiger partial charge >= 0.3 is 0 Å². The zero-order valence-electron chi connectivity index (χ0n) is 10.4. The molecule has 0 saturated heterocycles. The van der Waals surface area contributed by atoms with E-state index in [2.05, 4.69) is 5.32 Å². The highest BCUT2D eigenvalue weighted by molar-refractivity contribution is 6.03. The summed E-state index contributed by atoms with van der Waals surface area (Å²) in [4.78, 5) is 23.4. The second kappa shape index (κ2) is 4.78. The number of hydrogen-bond donors (Lipinski definition) is 2. The van der Waals surface area contributed by atoms with E-state index in [0.717, 1.165) is 0 Å². The number of fused-ring (bicyclic) bond motifs is 1. The monoisotopic (exact) mass is 248 g/mol. The van der Waals surface area contributed by atoms with Gasteiger partial charge in [0.15, 0.2) is 11.9 Å². The molecule has 1 aliphatic heterocycles. The first-order chi connectivity index (χ1) is 8.52. The van der Waals surface area contributed by atoms with Crippen LogP contribution in [0.3, 0.4) is 0 Å². The minimum absolute atomic E-state index is 0.162. The summed E-state index contributed by atoms with van der Waals surface area (Å²) in [5, 5.41) is 2.74. The third-order valence-electron chi connectivity index (χ3n) is 2.87. The standard InChI is InChI=1S/C13H16N2O3/c1-3-10-13(17)15-9-6-8(12(16)7(2)14)4-5-11(9)18-10/h4-7,10H,3,14H2,1-2H3,(H,15,17). The third kappa shape index (κ3) is 2.22. The van der Waals surface area contributed by atoms with E-state index in [1.54, 1.807) is 25.1 Å². The van der Waals surface area contributed by atoms with Crippen LogP contribution in [0, 0.1) is 0 Å². The van der Waals surface area contributed by atoms with E-state index < -0.39 is 12.1 Å². The molecular formula is C13H16N2O3. The first-order valence-electron chi connectivity index (χ1n) is 5.94. The number of amides is 1. The molecule has 2 unspecified atom stereocenters. The fourth-order valence-corrected chi connectivity index (χ4v) is 1.84. The summed E-state index contributed by atoms with van der Waals surface area (Å²) in [6, 6.07) is 4.39. The molecule has 2 atom stereocenters. The van der Waals surface area contributed by atoms with E-state index in [1.807, 2.05) is 6.92 Å². The van der Waals surface area contributed by atoms with Gasteiger partial charge in [-0.15, -0.1) is 0 Å². The summed E-state index contributed by atoms with van der Waals surface area (Å²) in [6.07, 6.45) is 0.138. The molecule has 0 bridgehead atoms. The lowest BCUT2D eigenvalue weighted by Crippen LogP contribution is -2.36. The van der Waals surface area contributed by atoms with Gasteiger partial charge in [-0.05, 0) is 31.5 Å². The van der Waals surface area contributed by atoms with Gasteiger partial charge < -0.3 is 15.8 Å². The second-order valence-electron chi connectivity index (χ2n) is 4.37. The second-order valence-corrected chi connectivity index (χ2v) is 4.37. The Kier molecular flexibility index (Phi) is 3.34. The number of hydrogen-bond acceptors (Lipinski definition) is 4. The molecule has 2 rings (SSSR count). The Bertz CT molecular complexity index is 497. The number of Topliss-reactive ketones (excluding diaryl/α,β-unsaturated/α-hetero) is 1. The van der Waals surface area contributed by atoms with Crippen molar-refractivity contribution in [1.82, 2.24) is 0 Å². The number of ether oxygens (including phenoxy) is 1. The average Bonchev–Trinajstić information content (AvgIpc) is 2.36. The minimum Gasteiger partial charge on any atom is -0.478 e. The van der Waals surface area contributed by atoms with Gasteiger partial charge in [0.1, 0.15) is 5.75 Å². The maximum atomic E-state index is 11.8. The van der Waals surface area contributed by atoms with Crippen LogP contribution in [0.25, 0.3) is 0 Å². The lowest BCUT2D eigenvalue weighted by molar-refractivity contribution is -0.123. The fraction of sp³-hybridized carbons (Fsp3) is 0.385. The molecule has 5 heteroatoms. The van der Waals surface area contributed by atoms with E-state index in [4.69, 9.17) is 10.5 Å². The molecular weight excluding hydrogens is 232 g/mol. The lowest BCUT2D eigenvalue weighted by atomic mass is 10.0. The predicted molar refractivity (Wildman–Crippen MR) is 67.8 cm³/mol. The molecule has 0 saturated carbocycles. The van der Waals surface area contributed by atoms with Crippen LogP contribution in [0.2, 0.25) is 0 Å². The Labute approximate surface area is 105 Å². The van der Waals surface area contributed by atoms with Crippen LogP contribution in [-0.4, -0.2) is 23.8 Å². The van der Waals surface area contributed by atoms with E-state index in [9.17, 15) is 9.59 Å². The van der Waals surface area contributed by atoms with E-state index in [0.29, 0.717) is 23.4 Å². The Hall–Kier alpha value is -1.88. The Morgan fingerprint density at radius 2 is 2.28 bits per heavy atom. The summed E-state index contributed by atoms with van der Waals surface area (Å²) < 4.78 is 5.53. The van der Waals surface area contributed by atoms with Crippen molar-refractivity contribution in [2.45, 2.75) is 32.4 Å². The van der Waals surface area contributed by atoms with Crippen molar-refractivity contribution in [3.8, 4) is 5.75 Å². The van der Waals surface area contributed by atoms with Crippen molar-refractivity contribution in [2.75, 3.05) is 5.32 Å². The van der Waals surface area contributed by atoms with Crippen LogP contribution < -0.4 is 15.8 Å². The highest BCUT2D eigenvalue weighted by Gasteiger charge is 2.26. The minimum atomic E-state index is -0.563. The summed E-state index contributed by atoms with van der Waals surface area (Å²) >= 11 is 0. The first-order valence-corrected chi connectivity index (χ1v) is 5.94. The normalized spacial score (nSPS) is 19.5. The zero-order valence-corrected chi connectivity index (χ0v) is 10.4. The Morgan fingerprint density at radius 1 is 1.56 bits per heavy atom. The fourth-order valence-electron chi connectivity index (χ4n) is 1.84. The summed E-state index contributed by atoms with van der Waals surface area (Å²) in [7, 11) is 0. The van der Waals surface area contributed by atoms with Crippen molar-refractivity contribution < 1.29 is 14.3 Å². The molecule has 0 aromatic heterocycles. The number of carbonyl (C=O) groups excluding carboxylic acids is 2. The average molecular weight is 248 g/mol. The topological polar surface area (TPSA) is 81.4 Å². The number of nitrogens with two attached hydrogens (primary N) is 1. The number of rotatable bonds is 3. The zero-order chi connectivity index (χ0) is 13.3. The number of carbonyl (C=O) groups is 2. The van der Waals surface area contributed by atoms with E-state index >= 15 is 0 Å². The predicted octanol–water partition coefficient (Wildman–Crippen LogP) is 1.33. The van der Waals surface area contributed by atoms with Gasteiger partial charge in [-0.2, -0.15) is 0 Å². The SMILES string of the molecule is CCC1Oc2ccc(C(=O)C(C)N)cc2NC1=O. The highest BCUT2D eigenvalue weighted by atomic mass is 16.5. The molecule has 96 valence electrons. The van der Waals surface area contributed by atoms with Crippen molar-refractivity contribution in [3.63, 3.8) is 0 Å². The van der Waals surface area contributed by atoms with Crippen LogP contribution in [0.5, 0.6) is 5.75 Å². The molecule has 0 aliphatic carbocycles. The van der Waals surface area contributed by atoms with Crippen molar-refractivity contribution in [2.24, 2.45) is 5.73 Å². The van der Waals surface area contributed by atoms with Crippen LogP contribution >= 0.6 is 0 Å². The summed E-state index contributed by atoms with van der Waals surface area (Å²) in [5.41, 5.74) is 6.55. The first kappa shape index (κ1) is 12.6. The third-order valence-corrected chi connectivity index (χ3v) is 2.87. The molecule has 1 aromatic rings. The van der Waals surface area contributed by atoms with Gasteiger partial charge in [0.05, 0.1) is 11.7 Å². The van der Waals surface area contributed by atoms with E-state index in [1.165, 1.54) is 0 Å². The Morgan fingerprint density at radius 3 is 2.89 bits per heavy atom. The lowest BCUT2D eigenvalue weighted by Gasteiger charge is -2.25. The highest BCUT2D eigenvalue weighted by Crippen LogP contribution is 2.31. The Balaban J connectivity index is 2.32. The molecule has 1 aromatic carbocycles. The molecule has 5 nitrogen and oxygen atoms in total. The largest absolute Gasteiger partial charge is 0.478 e. The number of benzene rings is 1. The maximum absolute atomic E-state index is 11.8. The summed E-state index contributed by atoms with van der Waals surface area (Å²) in [6.45, 7) is 3.51. The van der Waals surface area contributed by atoms with Crippen molar-refractivity contribution in [3.05, 3.63) is 23.8 Å². The van der Waals surface area contributed by atoms with Crippen LogP contribution in [0.15, 0.2) is 18.2 Å². The van der Waals surface area contributed by atoms with Crippen LogP contribution in [-0.2, 0) is 4.79 Å². The molecule has 1 amide bonds. The molecule has 0 fully saturated rings. The number of ketones is 1. The van der Waals surface area contributed by atoms with Gasteiger partial charge in [0.2, 0.25) is 0 Å². The summed E-state index contributed by atoms with van der Waals surface area (Å²) in [5.74, 6) is 0.239. The van der Waals surface area contributed by atoms with E-state index in [-0.39, 0.29) is 11.7 Å². The smallest absolute Gasteiger partial charge is 0.265 e. The number of anilines is 1. The van der Waals surface area contributed by atoms with Gasteiger partial charge in [0.25, 0.3) is 5.91 Å². The molecule has 0 spiro atoms. The molecule has 1 heterocycles. The molecule has 0 radical (unpaired) electrons. The van der Waals surface area contributed by atoms with Gasteiger partial charge in [-0.3, -0.25) is 9.59 Å². The van der Waals surface area contributed by atoms with Crippen LogP contribution in [0.1, 0.15) is 30.6 Å². The molecule has 3 N–H and O–H groups in total. The maximum Gasteiger partial charge on any atom is 0.265 e. The van der Waals surface area contributed by atoms with Gasteiger partial charge in [-0.25, -0.2) is 0 Å². The molecule has 18 heavy (non-hydrogen) atoms. The van der Waals surface area contributed by atoms with Crippen molar-refractivity contribution in [1.29, 1.82) is 0 Å².